The Kier molecular flexibility index (Phi) is 6.17. The summed E-state index contributed by atoms with van der Waals surface area (Å²) in [5, 5.41) is 2.82. The highest BCUT2D eigenvalue weighted by Gasteiger charge is 2.14. The van der Waals surface area contributed by atoms with Crippen molar-refractivity contribution in [2.75, 3.05) is 0 Å². The predicted molar refractivity (Wildman–Crippen MR) is 120 cm³/mol. The monoisotopic (exact) mass is 382 g/mol. The maximum atomic E-state index is 5.93. The summed E-state index contributed by atoms with van der Waals surface area (Å²) in [7, 11) is -0.422. The van der Waals surface area contributed by atoms with E-state index in [1.165, 1.54) is 21.7 Å². The third-order valence-electron chi connectivity index (χ3n) is 4.65. The summed E-state index contributed by atoms with van der Waals surface area (Å²) in [5.74, 6) is 0.913. The van der Waals surface area contributed by atoms with Gasteiger partial charge in [0.1, 0.15) is 12.4 Å². The molecule has 0 bridgehead atoms. The molecule has 4 rings (SSSR count). The second-order valence-corrected chi connectivity index (χ2v) is 8.88. The summed E-state index contributed by atoms with van der Waals surface area (Å²) >= 11 is 0. The molecule has 0 radical (unpaired) electrons. The topological polar surface area (TPSA) is 9.23 Å². The maximum Gasteiger partial charge on any atom is 0.119 e. The molecule has 1 nitrogen and oxygen atoms in total. The zero-order chi connectivity index (χ0) is 19.0. The number of rotatable bonds is 7. The van der Waals surface area contributed by atoms with E-state index in [1.807, 2.05) is 18.2 Å². The first-order chi connectivity index (χ1) is 13.9. The molecule has 0 unspecified atom stereocenters. The molecule has 0 saturated heterocycles. The van der Waals surface area contributed by atoms with Crippen LogP contribution in [0.25, 0.3) is 0 Å². The molecule has 0 amide bonds. The third kappa shape index (κ3) is 4.88. The fourth-order valence-corrected chi connectivity index (χ4v) is 5.47. The summed E-state index contributed by atoms with van der Waals surface area (Å²) in [6, 6.07) is 40.5. The summed E-state index contributed by atoms with van der Waals surface area (Å²) < 4.78 is 5.93. The van der Waals surface area contributed by atoms with Gasteiger partial charge in [0, 0.05) is 6.16 Å². The van der Waals surface area contributed by atoms with E-state index >= 15 is 0 Å². The van der Waals surface area contributed by atoms with Crippen LogP contribution in [-0.2, 0) is 12.8 Å². The highest BCUT2D eigenvalue weighted by molar-refractivity contribution is 7.72. The van der Waals surface area contributed by atoms with Crippen molar-refractivity contribution >= 4 is 18.5 Å². The smallest absolute Gasteiger partial charge is 0.119 e. The first kappa shape index (κ1) is 18.5. The highest BCUT2D eigenvalue weighted by atomic mass is 31.1. The molecule has 28 heavy (non-hydrogen) atoms. The Hall–Kier alpha value is -2.89. The summed E-state index contributed by atoms with van der Waals surface area (Å²) in [4.78, 5) is 0. The summed E-state index contributed by atoms with van der Waals surface area (Å²) in [6.45, 7) is 0.598. The van der Waals surface area contributed by atoms with Crippen LogP contribution in [0.4, 0.5) is 0 Å². The lowest BCUT2D eigenvalue weighted by molar-refractivity contribution is 0.306. The summed E-state index contributed by atoms with van der Waals surface area (Å²) in [6.07, 6.45) is 1.03. The molecule has 0 aliphatic rings. The Labute approximate surface area is 168 Å². The maximum absolute atomic E-state index is 5.93. The van der Waals surface area contributed by atoms with Gasteiger partial charge < -0.3 is 4.74 Å². The van der Waals surface area contributed by atoms with Crippen molar-refractivity contribution in [1.82, 2.24) is 0 Å². The lowest BCUT2D eigenvalue weighted by atomic mass is 10.2. The van der Waals surface area contributed by atoms with E-state index in [0.717, 1.165) is 11.9 Å². The van der Waals surface area contributed by atoms with E-state index in [0.29, 0.717) is 6.61 Å². The predicted octanol–water partition coefficient (Wildman–Crippen LogP) is 5.90. The van der Waals surface area contributed by atoms with Crippen LogP contribution in [0, 0.1) is 0 Å². The molecular weight excluding hydrogens is 359 g/mol. The lowest BCUT2D eigenvalue weighted by Crippen LogP contribution is -2.12. The van der Waals surface area contributed by atoms with Gasteiger partial charge in [-0.05, 0) is 41.8 Å². The van der Waals surface area contributed by atoms with E-state index in [-0.39, 0.29) is 0 Å². The Morgan fingerprint density at radius 3 is 1.54 bits per heavy atom. The molecule has 0 aromatic heterocycles. The average Bonchev–Trinajstić information content (AvgIpc) is 2.79. The standard InChI is InChI=1S/C26H23OP/c1-4-10-22(11-5-1)20-27-24-18-16-23(17-19-24)21-28(25-12-6-2-7-13-25)26-14-8-3-9-15-26/h1-19H,20-21H2. The van der Waals surface area contributed by atoms with Gasteiger partial charge in [0.25, 0.3) is 0 Å². The second kappa shape index (κ2) is 9.35. The number of benzene rings is 4. The normalized spacial score (nSPS) is 10.8. The van der Waals surface area contributed by atoms with Crippen molar-refractivity contribution in [1.29, 1.82) is 0 Å². The van der Waals surface area contributed by atoms with Crippen LogP contribution in [0.3, 0.4) is 0 Å². The van der Waals surface area contributed by atoms with E-state index in [1.54, 1.807) is 0 Å². The molecule has 0 aliphatic carbocycles. The van der Waals surface area contributed by atoms with Gasteiger partial charge in [-0.2, -0.15) is 0 Å². The fourth-order valence-electron chi connectivity index (χ4n) is 3.16. The fraction of sp³-hybridized carbons (Fsp3) is 0.0769. The van der Waals surface area contributed by atoms with E-state index in [9.17, 15) is 0 Å². The van der Waals surface area contributed by atoms with Gasteiger partial charge >= 0.3 is 0 Å². The van der Waals surface area contributed by atoms with Crippen LogP contribution in [0.15, 0.2) is 115 Å². The van der Waals surface area contributed by atoms with Gasteiger partial charge in [-0.1, -0.05) is 103 Å². The Morgan fingerprint density at radius 2 is 1.00 bits per heavy atom. The van der Waals surface area contributed by atoms with E-state index in [4.69, 9.17) is 4.74 Å². The SMILES string of the molecule is c1ccc(COc2ccc(CP(c3ccccc3)c3ccccc3)cc2)cc1. The Bertz CT molecular complexity index is 928. The van der Waals surface area contributed by atoms with Crippen molar-refractivity contribution in [2.45, 2.75) is 12.8 Å². The number of ether oxygens (including phenoxy) is 1. The second-order valence-electron chi connectivity index (χ2n) is 6.68. The van der Waals surface area contributed by atoms with Crippen molar-refractivity contribution in [3.05, 3.63) is 126 Å². The zero-order valence-electron chi connectivity index (χ0n) is 15.7. The van der Waals surface area contributed by atoms with Gasteiger partial charge in [-0.3, -0.25) is 0 Å². The Morgan fingerprint density at radius 1 is 0.500 bits per heavy atom. The molecule has 0 heterocycles. The van der Waals surface area contributed by atoms with Crippen LogP contribution >= 0.6 is 7.92 Å². The first-order valence-electron chi connectivity index (χ1n) is 9.52. The van der Waals surface area contributed by atoms with Gasteiger partial charge in [0.15, 0.2) is 0 Å². The molecule has 0 saturated carbocycles. The molecule has 138 valence electrons. The van der Waals surface area contributed by atoms with Crippen LogP contribution in [-0.4, -0.2) is 0 Å². The highest BCUT2D eigenvalue weighted by Crippen LogP contribution is 2.38. The minimum Gasteiger partial charge on any atom is -0.489 e. The Balaban J connectivity index is 1.48. The van der Waals surface area contributed by atoms with Crippen LogP contribution in [0.5, 0.6) is 5.75 Å². The summed E-state index contributed by atoms with van der Waals surface area (Å²) in [5.41, 5.74) is 2.52. The number of hydrogen-bond acceptors (Lipinski definition) is 1. The van der Waals surface area contributed by atoms with Crippen LogP contribution in [0.1, 0.15) is 11.1 Å². The molecule has 0 aliphatic heterocycles. The van der Waals surface area contributed by atoms with Crippen molar-refractivity contribution in [3.8, 4) is 5.75 Å². The molecule has 0 N–H and O–H groups in total. The van der Waals surface area contributed by atoms with Crippen LogP contribution in [0.2, 0.25) is 0 Å². The van der Waals surface area contributed by atoms with E-state index < -0.39 is 7.92 Å². The molecule has 4 aromatic rings. The lowest BCUT2D eigenvalue weighted by Gasteiger charge is -2.19. The van der Waals surface area contributed by atoms with Gasteiger partial charge in [0.2, 0.25) is 0 Å². The van der Waals surface area contributed by atoms with Crippen molar-refractivity contribution in [3.63, 3.8) is 0 Å². The molecule has 0 fully saturated rings. The average molecular weight is 382 g/mol. The molecule has 2 heteroatoms. The van der Waals surface area contributed by atoms with Gasteiger partial charge in [-0.25, -0.2) is 0 Å². The first-order valence-corrected chi connectivity index (χ1v) is 11.0. The molecule has 0 spiro atoms. The minimum absolute atomic E-state index is 0.422. The van der Waals surface area contributed by atoms with Crippen molar-refractivity contribution < 1.29 is 4.74 Å². The van der Waals surface area contributed by atoms with Gasteiger partial charge in [-0.15, -0.1) is 0 Å². The largest absolute Gasteiger partial charge is 0.489 e. The molecule has 4 aromatic carbocycles. The van der Waals surface area contributed by atoms with Gasteiger partial charge in [0.05, 0.1) is 0 Å². The molecule has 0 atom stereocenters. The van der Waals surface area contributed by atoms with Crippen molar-refractivity contribution in [2.24, 2.45) is 0 Å². The van der Waals surface area contributed by atoms with Crippen LogP contribution < -0.4 is 15.3 Å². The quantitative estimate of drug-likeness (QED) is 0.362. The third-order valence-corrected chi connectivity index (χ3v) is 7.17. The zero-order valence-corrected chi connectivity index (χ0v) is 16.6. The minimum atomic E-state index is -0.422. The van der Waals surface area contributed by atoms with E-state index in [2.05, 4.69) is 97.1 Å². The number of hydrogen-bond donors (Lipinski definition) is 0. The molecular formula is C26H23OP.